The van der Waals surface area contributed by atoms with E-state index in [9.17, 15) is 5.11 Å². The highest BCUT2D eigenvalue weighted by Crippen LogP contribution is 2.32. The molecule has 1 unspecified atom stereocenters. The van der Waals surface area contributed by atoms with Gasteiger partial charge in [0.25, 0.3) is 0 Å². The van der Waals surface area contributed by atoms with Crippen LogP contribution >= 0.6 is 0 Å². The first-order chi connectivity index (χ1) is 11.1. The first-order valence-corrected chi connectivity index (χ1v) is 8.67. The molecule has 1 saturated carbocycles. The molecule has 0 aromatic heterocycles. The van der Waals surface area contributed by atoms with Gasteiger partial charge in [0.15, 0.2) is 0 Å². The summed E-state index contributed by atoms with van der Waals surface area (Å²) in [6, 6.07) is 21.8. The van der Waals surface area contributed by atoms with E-state index in [0.717, 1.165) is 32.4 Å². The molecule has 122 valence electrons. The lowest BCUT2D eigenvalue weighted by atomic mass is 9.82. The molecule has 0 heterocycles. The smallest absolute Gasteiger partial charge is 0.0634 e. The van der Waals surface area contributed by atoms with Crippen LogP contribution in [0.5, 0.6) is 0 Å². The van der Waals surface area contributed by atoms with Gasteiger partial charge < -0.3 is 5.11 Å². The van der Waals surface area contributed by atoms with Crippen LogP contribution in [0.4, 0.5) is 0 Å². The van der Waals surface area contributed by atoms with E-state index in [4.69, 9.17) is 0 Å². The Kier molecular flexibility index (Phi) is 5.14. The summed E-state index contributed by atoms with van der Waals surface area (Å²) in [6.45, 7) is 3.87. The number of hydrogen-bond acceptors (Lipinski definition) is 2. The van der Waals surface area contributed by atoms with Gasteiger partial charge in [-0.05, 0) is 43.7 Å². The van der Waals surface area contributed by atoms with Crippen LogP contribution in [0.2, 0.25) is 0 Å². The minimum Gasteiger partial charge on any atom is -0.390 e. The third-order valence-corrected chi connectivity index (χ3v) is 4.90. The summed E-state index contributed by atoms with van der Waals surface area (Å²) in [5.41, 5.74) is 2.16. The Morgan fingerprint density at radius 3 is 1.96 bits per heavy atom. The molecule has 0 radical (unpaired) electrons. The van der Waals surface area contributed by atoms with Crippen LogP contribution in [0.3, 0.4) is 0 Å². The average Bonchev–Trinajstić information content (AvgIpc) is 2.55. The summed E-state index contributed by atoms with van der Waals surface area (Å²) in [4.78, 5) is 2.54. The number of aliphatic hydroxyl groups is 1. The molecule has 1 aliphatic carbocycles. The predicted octanol–water partition coefficient (Wildman–Crippen LogP) is 4.38. The lowest BCUT2D eigenvalue weighted by molar-refractivity contribution is -0.0203. The Labute approximate surface area is 139 Å². The van der Waals surface area contributed by atoms with E-state index in [0.29, 0.717) is 6.04 Å². The molecule has 1 fully saturated rings. The van der Waals surface area contributed by atoms with Gasteiger partial charge in [0.05, 0.1) is 5.60 Å². The van der Waals surface area contributed by atoms with E-state index >= 15 is 0 Å². The SMILES string of the molecule is CC1(O)CCC[C@@H](N(Cc2ccccc2)Cc2ccccc2)C1. The van der Waals surface area contributed by atoms with Crippen molar-refractivity contribution in [1.29, 1.82) is 0 Å². The highest BCUT2D eigenvalue weighted by Gasteiger charge is 2.33. The standard InChI is InChI=1S/C21H27NO/c1-21(23)14-8-13-20(15-21)22(16-18-9-4-2-5-10-18)17-19-11-6-3-7-12-19/h2-7,9-12,20,23H,8,13-17H2,1H3/t20-,21?/m1/s1. The van der Waals surface area contributed by atoms with Crippen LogP contribution in [-0.4, -0.2) is 21.6 Å². The Balaban J connectivity index is 1.78. The third kappa shape index (κ3) is 4.66. The van der Waals surface area contributed by atoms with Crippen molar-refractivity contribution in [3.05, 3.63) is 71.8 Å². The minimum absolute atomic E-state index is 0.444. The van der Waals surface area contributed by atoms with Gasteiger partial charge in [-0.3, -0.25) is 4.90 Å². The van der Waals surface area contributed by atoms with Gasteiger partial charge in [-0.15, -0.1) is 0 Å². The summed E-state index contributed by atoms with van der Waals surface area (Å²) in [5, 5.41) is 10.5. The van der Waals surface area contributed by atoms with Crippen molar-refractivity contribution in [3.63, 3.8) is 0 Å². The third-order valence-electron chi connectivity index (χ3n) is 4.90. The maximum atomic E-state index is 10.5. The molecule has 0 aliphatic heterocycles. The van der Waals surface area contributed by atoms with Crippen LogP contribution in [0.15, 0.2) is 60.7 Å². The van der Waals surface area contributed by atoms with Crippen molar-refractivity contribution >= 4 is 0 Å². The monoisotopic (exact) mass is 309 g/mol. The van der Waals surface area contributed by atoms with Gasteiger partial charge in [-0.1, -0.05) is 60.7 Å². The van der Waals surface area contributed by atoms with Crippen LogP contribution in [0, 0.1) is 0 Å². The van der Waals surface area contributed by atoms with Gasteiger partial charge in [0.1, 0.15) is 0 Å². The number of hydrogen-bond donors (Lipinski definition) is 1. The Morgan fingerprint density at radius 2 is 1.48 bits per heavy atom. The molecule has 0 spiro atoms. The average molecular weight is 309 g/mol. The molecule has 0 bridgehead atoms. The molecule has 23 heavy (non-hydrogen) atoms. The van der Waals surface area contributed by atoms with E-state index in [-0.39, 0.29) is 0 Å². The van der Waals surface area contributed by atoms with E-state index in [2.05, 4.69) is 65.6 Å². The minimum atomic E-state index is -0.519. The molecule has 3 rings (SSSR count). The Hall–Kier alpha value is -1.64. The van der Waals surface area contributed by atoms with Gasteiger partial charge in [0, 0.05) is 19.1 Å². The van der Waals surface area contributed by atoms with Crippen molar-refractivity contribution < 1.29 is 5.11 Å². The second-order valence-electron chi connectivity index (χ2n) is 7.12. The fourth-order valence-corrected chi connectivity index (χ4v) is 3.69. The van der Waals surface area contributed by atoms with E-state index in [1.807, 2.05) is 6.92 Å². The largest absolute Gasteiger partial charge is 0.390 e. The van der Waals surface area contributed by atoms with Crippen molar-refractivity contribution in [3.8, 4) is 0 Å². The molecule has 1 aliphatic rings. The summed E-state index contributed by atoms with van der Waals surface area (Å²) in [7, 11) is 0. The molecule has 2 nitrogen and oxygen atoms in total. The van der Waals surface area contributed by atoms with Crippen molar-refractivity contribution in [1.82, 2.24) is 4.90 Å². The lowest BCUT2D eigenvalue weighted by Gasteiger charge is -2.40. The molecule has 2 aromatic rings. The van der Waals surface area contributed by atoms with Crippen molar-refractivity contribution in [2.24, 2.45) is 0 Å². The van der Waals surface area contributed by atoms with Crippen LogP contribution in [0.25, 0.3) is 0 Å². The van der Waals surface area contributed by atoms with Gasteiger partial charge >= 0.3 is 0 Å². The number of rotatable bonds is 5. The topological polar surface area (TPSA) is 23.5 Å². The second-order valence-corrected chi connectivity index (χ2v) is 7.12. The zero-order chi connectivity index (χ0) is 16.1. The van der Waals surface area contributed by atoms with Gasteiger partial charge in [0.2, 0.25) is 0 Å². The van der Waals surface area contributed by atoms with Crippen LogP contribution < -0.4 is 0 Å². The lowest BCUT2D eigenvalue weighted by Crippen LogP contribution is -2.44. The summed E-state index contributed by atoms with van der Waals surface area (Å²) in [6.07, 6.45) is 4.08. The molecular formula is C21H27NO. The molecule has 0 saturated heterocycles. The zero-order valence-corrected chi connectivity index (χ0v) is 14.0. The van der Waals surface area contributed by atoms with Crippen LogP contribution in [-0.2, 0) is 13.1 Å². The number of nitrogens with zero attached hydrogens (tertiary/aromatic N) is 1. The van der Waals surface area contributed by atoms with Gasteiger partial charge in [-0.25, -0.2) is 0 Å². The fourth-order valence-electron chi connectivity index (χ4n) is 3.69. The maximum Gasteiger partial charge on any atom is 0.0634 e. The van der Waals surface area contributed by atoms with Crippen molar-refractivity contribution in [2.75, 3.05) is 0 Å². The van der Waals surface area contributed by atoms with Gasteiger partial charge in [-0.2, -0.15) is 0 Å². The molecule has 0 amide bonds. The van der Waals surface area contributed by atoms with Crippen LogP contribution in [0.1, 0.15) is 43.7 Å². The first-order valence-electron chi connectivity index (χ1n) is 8.67. The normalized spacial score (nSPS) is 24.7. The highest BCUT2D eigenvalue weighted by atomic mass is 16.3. The molecule has 2 atom stereocenters. The molecule has 2 heteroatoms. The van der Waals surface area contributed by atoms with Crippen molar-refractivity contribution in [2.45, 2.75) is 57.3 Å². The summed E-state index contributed by atoms with van der Waals surface area (Å²) < 4.78 is 0. The molecule has 1 N–H and O–H groups in total. The maximum absolute atomic E-state index is 10.5. The quantitative estimate of drug-likeness (QED) is 0.886. The van der Waals surface area contributed by atoms with E-state index in [1.165, 1.54) is 17.5 Å². The zero-order valence-electron chi connectivity index (χ0n) is 14.0. The molecule has 2 aromatic carbocycles. The Morgan fingerprint density at radius 1 is 0.957 bits per heavy atom. The van der Waals surface area contributed by atoms with E-state index < -0.39 is 5.60 Å². The first kappa shape index (κ1) is 16.2. The second kappa shape index (κ2) is 7.29. The fraction of sp³-hybridized carbons (Fsp3) is 0.429. The molecular weight excluding hydrogens is 282 g/mol. The Bertz CT molecular complexity index is 552. The summed E-state index contributed by atoms with van der Waals surface area (Å²) in [5.74, 6) is 0. The highest BCUT2D eigenvalue weighted by molar-refractivity contribution is 5.17. The predicted molar refractivity (Wildman–Crippen MR) is 95.0 cm³/mol. The summed E-state index contributed by atoms with van der Waals surface area (Å²) >= 11 is 0. The van der Waals surface area contributed by atoms with E-state index in [1.54, 1.807) is 0 Å². The number of benzene rings is 2.